The lowest BCUT2D eigenvalue weighted by molar-refractivity contribution is 0.596. The van der Waals surface area contributed by atoms with E-state index in [2.05, 4.69) is 34.6 Å². The summed E-state index contributed by atoms with van der Waals surface area (Å²) in [6, 6.07) is 0.159. The summed E-state index contributed by atoms with van der Waals surface area (Å²) in [5.41, 5.74) is 3.44. The standard InChI is InChI=1S/C16H31N5O2S.HI/c1-7-17-16(18-9-10-24(22,23)8-2)19-12(3)11-15-13(4)20-21(6)14(15)5;/h12H,7-11H2,1-6H3,(H2,17,18,19);1H. The summed E-state index contributed by atoms with van der Waals surface area (Å²) in [6.07, 6.45) is 0.836. The van der Waals surface area contributed by atoms with E-state index in [-0.39, 0.29) is 48.1 Å². The average molecular weight is 485 g/mol. The van der Waals surface area contributed by atoms with Crippen molar-refractivity contribution in [1.29, 1.82) is 0 Å². The van der Waals surface area contributed by atoms with E-state index in [1.54, 1.807) is 6.92 Å². The highest BCUT2D eigenvalue weighted by Gasteiger charge is 2.14. The van der Waals surface area contributed by atoms with Crippen LogP contribution in [0.5, 0.6) is 0 Å². The molecule has 2 N–H and O–H groups in total. The molecule has 0 amide bonds. The number of hydrogen-bond acceptors (Lipinski definition) is 4. The van der Waals surface area contributed by atoms with Crippen LogP contribution < -0.4 is 10.6 Å². The molecule has 0 radical (unpaired) electrons. The summed E-state index contributed by atoms with van der Waals surface area (Å²) in [4.78, 5) is 4.37. The lowest BCUT2D eigenvalue weighted by Crippen LogP contribution is -2.43. The largest absolute Gasteiger partial charge is 0.357 e. The van der Waals surface area contributed by atoms with E-state index in [1.165, 1.54) is 5.56 Å². The van der Waals surface area contributed by atoms with Gasteiger partial charge in [0.15, 0.2) is 15.8 Å². The first-order valence-corrected chi connectivity index (χ1v) is 10.3. The summed E-state index contributed by atoms with van der Waals surface area (Å²) in [5.74, 6) is 0.882. The molecule has 1 aromatic rings. The van der Waals surface area contributed by atoms with Gasteiger partial charge in [0.2, 0.25) is 0 Å². The van der Waals surface area contributed by atoms with Crippen molar-refractivity contribution in [3.05, 3.63) is 17.0 Å². The third kappa shape index (κ3) is 7.93. The van der Waals surface area contributed by atoms with Crippen molar-refractivity contribution in [3.63, 3.8) is 0 Å². The Bertz CT molecular complexity index is 670. The summed E-state index contributed by atoms with van der Waals surface area (Å²) in [7, 11) is -1.04. The minimum Gasteiger partial charge on any atom is -0.357 e. The molecule has 0 aliphatic heterocycles. The van der Waals surface area contributed by atoms with E-state index in [0.29, 0.717) is 5.96 Å². The Balaban J connectivity index is 0.00000576. The Hall–Kier alpha value is -0.840. The van der Waals surface area contributed by atoms with Crippen molar-refractivity contribution < 1.29 is 8.42 Å². The zero-order valence-electron chi connectivity index (χ0n) is 16.1. The number of rotatable bonds is 8. The number of nitrogens with one attached hydrogen (secondary N) is 2. The molecule has 0 fully saturated rings. The second-order valence-corrected chi connectivity index (χ2v) is 8.49. The SMILES string of the molecule is CCNC(=NCCS(=O)(=O)CC)NC(C)Cc1c(C)nn(C)c1C.I. The number of sulfone groups is 1. The van der Waals surface area contributed by atoms with Crippen LogP contribution in [0, 0.1) is 13.8 Å². The van der Waals surface area contributed by atoms with E-state index in [0.717, 1.165) is 24.4 Å². The van der Waals surface area contributed by atoms with Gasteiger partial charge in [-0.05, 0) is 39.7 Å². The molecule has 9 heteroatoms. The van der Waals surface area contributed by atoms with E-state index in [1.807, 2.05) is 25.6 Å². The Morgan fingerprint density at radius 1 is 1.32 bits per heavy atom. The van der Waals surface area contributed by atoms with Crippen molar-refractivity contribution in [3.8, 4) is 0 Å². The summed E-state index contributed by atoms with van der Waals surface area (Å²) in [6.45, 7) is 10.8. The minimum atomic E-state index is -2.99. The topological polar surface area (TPSA) is 88.4 Å². The maximum Gasteiger partial charge on any atom is 0.191 e. The third-order valence-electron chi connectivity index (χ3n) is 4.01. The fourth-order valence-electron chi connectivity index (χ4n) is 2.46. The van der Waals surface area contributed by atoms with Crippen molar-refractivity contribution in [2.75, 3.05) is 24.6 Å². The second-order valence-electron chi connectivity index (χ2n) is 6.02. The van der Waals surface area contributed by atoms with Gasteiger partial charge < -0.3 is 10.6 Å². The molecule has 0 saturated carbocycles. The van der Waals surface area contributed by atoms with Crippen molar-refractivity contribution in [2.24, 2.45) is 12.0 Å². The van der Waals surface area contributed by atoms with Crippen molar-refractivity contribution >= 4 is 39.8 Å². The van der Waals surface area contributed by atoms with E-state index >= 15 is 0 Å². The molecule has 1 unspecified atom stereocenters. The van der Waals surface area contributed by atoms with Crippen LogP contribution in [0.2, 0.25) is 0 Å². The fourth-order valence-corrected chi connectivity index (χ4v) is 3.12. The van der Waals surface area contributed by atoms with Gasteiger partial charge in [-0.3, -0.25) is 9.67 Å². The van der Waals surface area contributed by atoms with E-state index in [4.69, 9.17) is 0 Å². The molecule has 7 nitrogen and oxygen atoms in total. The molecule has 0 spiro atoms. The van der Waals surface area contributed by atoms with Gasteiger partial charge in [-0.25, -0.2) is 8.42 Å². The van der Waals surface area contributed by atoms with Crippen molar-refractivity contribution in [2.45, 2.75) is 47.1 Å². The van der Waals surface area contributed by atoms with Gasteiger partial charge >= 0.3 is 0 Å². The first-order chi connectivity index (χ1) is 11.2. The molecule has 146 valence electrons. The van der Waals surface area contributed by atoms with Crippen LogP contribution in [-0.2, 0) is 23.3 Å². The van der Waals surface area contributed by atoms with Gasteiger partial charge in [0.1, 0.15) is 0 Å². The number of aryl methyl sites for hydroxylation is 2. The molecular weight excluding hydrogens is 453 g/mol. The zero-order chi connectivity index (χ0) is 18.3. The Labute approximate surface area is 169 Å². The van der Waals surface area contributed by atoms with Crippen LogP contribution in [0.3, 0.4) is 0 Å². The van der Waals surface area contributed by atoms with Gasteiger partial charge in [-0.15, -0.1) is 24.0 Å². The molecule has 0 bridgehead atoms. The molecular formula is C16H32IN5O2S. The zero-order valence-corrected chi connectivity index (χ0v) is 19.2. The summed E-state index contributed by atoms with van der Waals surface area (Å²) in [5, 5.41) is 10.9. The molecule has 0 aliphatic rings. The maximum absolute atomic E-state index is 11.6. The number of aromatic nitrogens is 2. The smallest absolute Gasteiger partial charge is 0.191 e. The maximum atomic E-state index is 11.6. The van der Waals surface area contributed by atoms with E-state index < -0.39 is 9.84 Å². The normalized spacial score (nSPS) is 13.3. The molecule has 1 heterocycles. The Morgan fingerprint density at radius 3 is 2.44 bits per heavy atom. The number of hydrogen-bond donors (Lipinski definition) is 2. The summed E-state index contributed by atoms with van der Waals surface area (Å²) >= 11 is 0. The first kappa shape index (κ1) is 24.2. The van der Waals surface area contributed by atoms with Gasteiger partial charge in [-0.1, -0.05) is 6.92 Å². The monoisotopic (exact) mass is 485 g/mol. The molecule has 0 aliphatic carbocycles. The Kier molecular flexibility index (Phi) is 10.6. The van der Waals surface area contributed by atoms with Gasteiger partial charge in [0.25, 0.3) is 0 Å². The highest BCUT2D eigenvalue weighted by molar-refractivity contribution is 14.0. The van der Waals surface area contributed by atoms with Gasteiger partial charge in [-0.2, -0.15) is 5.10 Å². The first-order valence-electron chi connectivity index (χ1n) is 8.44. The molecule has 1 rings (SSSR count). The number of aliphatic imine (C=N–C) groups is 1. The molecule has 0 aromatic carbocycles. The van der Waals surface area contributed by atoms with Crippen LogP contribution in [0.4, 0.5) is 0 Å². The highest BCUT2D eigenvalue weighted by atomic mass is 127. The van der Waals surface area contributed by atoms with Crippen LogP contribution in [0.1, 0.15) is 37.7 Å². The minimum absolute atomic E-state index is 0. The van der Waals surface area contributed by atoms with Gasteiger partial charge in [0.05, 0.1) is 18.0 Å². The highest BCUT2D eigenvalue weighted by Crippen LogP contribution is 2.14. The van der Waals surface area contributed by atoms with Crippen molar-refractivity contribution in [1.82, 2.24) is 20.4 Å². The van der Waals surface area contributed by atoms with Crippen LogP contribution in [0.15, 0.2) is 4.99 Å². The molecule has 1 aromatic heterocycles. The number of nitrogens with zero attached hydrogens (tertiary/aromatic N) is 3. The van der Waals surface area contributed by atoms with E-state index in [9.17, 15) is 8.42 Å². The molecule has 25 heavy (non-hydrogen) atoms. The predicted molar refractivity (Wildman–Crippen MR) is 115 cm³/mol. The molecule has 1 atom stereocenters. The second kappa shape index (κ2) is 11.0. The third-order valence-corrected chi connectivity index (χ3v) is 5.69. The lowest BCUT2D eigenvalue weighted by atomic mass is 10.1. The summed E-state index contributed by atoms with van der Waals surface area (Å²) < 4.78 is 25.0. The fraction of sp³-hybridized carbons (Fsp3) is 0.750. The van der Waals surface area contributed by atoms with Crippen LogP contribution in [-0.4, -0.2) is 54.8 Å². The van der Waals surface area contributed by atoms with Crippen LogP contribution in [0.25, 0.3) is 0 Å². The molecule has 0 saturated heterocycles. The number of guanidine groups is 1. The quantitative estimate of drug-likeness (QED) is 0.332. The number of halogens is 1. The van der Waals surface area contributed by atoms with Gasteiger partial charge in [0, 0.05) is 31.1 Å². The Morgan fingerprint density at radius 2 is 1.96 bits per heavy atom. The predicted octanol–water partition coefficient (Wildman–Crippen LogP) is 1.58. The lowest BCUT2D eigenvalue weighted by Gasteiger charge is -2.18. The average Bonchev–Trinajstić information content (AvgIpc) is 2.73. The van der Waals surface area contributed by atoms with Crippen LogP contribution >= 0.6 is 24.0 Å².